The zero-order valence-corrected chi connectivity index (χ0v) is 9.24. The van der Waals surface area contributed by atoms with Gasteiger partial charge in [-0.1, -0.05) is 0 Å². The van der Waals surface area contributed by atoms with E-state index >= 15 is 0 Å². The molecule has 2 fully saturated rings. The number of hydrogen-bond acceptors (Lipinski definition) is 3. The van der Waals surface area contributed by atoms with Gasteiger partial charge in [0, 0.05) is 25.6 Å². The van der Waals surface area contributed by atoms with Crippen LogP contribution >= 0.6 is 0 Å². The highest BCUT2D eigenvalue weighted by Gasteiger charge is 2.25. The summed E-state index contributed by atoms with van der Waals surface area (Å²) in [5.41, 5.74) is 0. The van der Waals surface area contributed by atoms with E-state index < -0.39 is 0 Å². The molecule has 2 heterocycles. The van der Waals surface area contributed by atoms with Crippen molar-refractivity contribution in [2.45, 2.75) is 44.6 Å². The van der Waals surface area contributed by atoms with E-state index in [1.165, 1.54) is 6.42 Å². The Hall–Kier alpha value is -0.410. The average molecular weight is 212 g/mol. The smallest absolute Gasteiger partial charge is 0.140 e. The fraction of sp³-hybridized carbons (Fsp3) is 0.917. The highest BCUT2D eigenvalue weighted by atomic mass is 16.5. The van der Waals surface area contributed by atoms with Gasteiger partial charge < -0.3 is 9.47 Å². The summed E-state index contributed by atoms with van der Waals surface area (Å²) in [5, 5.41) is 0. The van der Waals surface area contributed by atoms with Crippen LogP contribution in [0, 0.1) is 5.92 Å². The molecule has 0 aliphatic carbocycles. The summed E-state index contributed by atoms with van der Waals surface area (Å²) in [5.74, 6) is 0.492. The molecule has 0 aromatic carbocycles. The van der Waals surface area contributed by atoms with Crippen molar-refractivity contribution in [1.29, 1.82) is 0 Å². The SMILES string of the molecule is O=C(CC1CCCCO1)C1CCCOC1. The Kier molecular flexibility index (Phi) is 4.15. The molecule has 3 nitrogen and oxygen atoms in total. The molecule has 2 aliphatic heterocycles. The number of rotatable bonds is 3. The van der Waals surface area contributed by atoms with E-state index in [4.69, 9.17) is 9.47 Å². The second kappa shape index (κ2) is 5.61. The van der Waals surface area contributed by atoms with Crippen molar-refractivity contribution < 1.29 is 14.3 Å². The molecule has 2 unspecified atom stereocenters. The monoisotopic (exact) mass is 212 g/mol. The van der Waals surface area contributed by atoms with Crippen molar-refractivity contribution in [3.63, 3.8) is 0 Å². The van der Waals surface area contributed by atoms with Gasteiger partial charge in [0.1, 0.15) is 5.78 Å². The lowest BCUT2D eigenvalue weighted by atomic mass is 9.92. The van der Waals surface area contributed by atoms with Crippen molar-refractivity contribution >= 4 is 5.78 Å². The third kappa shape index (κ3) is 3.28. The van der Waals surface area contributed by atoms with Gasteiger partial charge in [-0.3, -0.25) is 4.79 Å². The summed E-state index contributed by atoms with van der Waals surface area (Å²) in [6, 6.07) is 0. The molecule has 0 spiro atoms. The van der Waals surface area contributed by atoms with Gasteiger partial charge in [-0.15, -0.1) is 0 Å². The molecule has 0 N–H and O–H groups in total. The molecule has 3 heteroatoms. The minimum absolute atomic E-state index is 0.143. The molecule has 0 amide bonds. The minimum atomic E-state index is 0.143. The quantitative estimate of drug-likeness (QED) is 0.717. The van der Waals surface area contributed by atoms with Gasteiger partial charge in [-0.25, -0.2) is 0 Å². The van der Waals surface area contributed by atoms with Crippen LogP contribution in [0.1, 0.15) is 38.5 Å². The predicted molar refractivity (Wildman–Crippen MR) is 56.8 cm³/mol. The summed E-state index contributed by atoms with van der Waals surface area (Å²) in [6.45, 7) is 2.29. The number of carbonyl (C=O) groups is 1. The third-order valence-corrected chi connectivity index (χ3v) is 3.32. The minimum Gasteiger partial charge on any atom is -0.381 e. The fourth-order valence-electron chi connectivity index (χ4n) is 2.35. The van der Waals surface area contributed by atoms with Gasteiger partial charge in [0.05, 0.1) is 12.7 Å². The van der Waals surface area contributed by atoms with Crippen LogP contribution in [-0.4, -0.2) is 31.7 Å². The molecular weight excluding hydrogens is 192 g/mol. The lowest BCUT2D eigenvalue weighted by Crippen LogP contribution is -2.30. The number of Topliss-reactive ketones (excluding diaryl/α,β-unsaturated/α-hetero) is 1. The standard InChI is InChI=1S/C12H20O3/c13-12(10-4-3-6-14-9-10)8-11-5-1-2-7-15-11/h10-11H,1-9H2. The molecule has 15 heavy (non-hydrogen) atoms. The lowest BCUT2D eigenvalue weighted by molar-refractivity contribution is -0.130. The average Bonchev–Trinajstić information content (AvgIpc) is 2.31. The molecule has 2 rings (SSSR count). The second-order valence-corrected chi connectivity index (χ2v) is 4.57. The first kappa shape index (κ1) is 11.1. The molecule has 2 aliphatic rings. The molecule has 0 aromatic heterocycles. The first-order chi connectivity index (χ1) is 7.36. The highest BCUT2D eigenvalue weighted by Crippen LogP contribution is 2.21. The van der Waals surface area contributed by atoms with Crippen LogP contribution < -0.4 is 0 Å². The van der Waals surface area contributed by atoms with Gasteiger partial charge in [0.2, 0.25) is 0 Å². The van der Waals surface area contributed by atoms with E-state index in [1.54, 1.807) is 0 Å². The zero-order valence-electron chi connectivity index (χ0n) is 9.24. The molecule has 0 radical (unpaired) electrons. The van der Waals surface area contributed by atoms with Gasteiger partial charge in [-0.2, -0.15) is 0 Å². The number of ether oxygens (including phenoxy) is 2. The summed E-state index contributed by atoms with van der Waals surface area (Å²) in [7, 11) is 0. The molecule has 0 bridgehead atoms. The van der Waals surface area contributed by atoms with Crippen molar-refractivity contribution in [3.05, 3.63) is 0 Å². The van der Waals surface area contributed by atoms with Gasteiger partial charge >= 0.3 is 0 Å². The largest absolute Gasteiger partial charge is 0.381 e. The highest BCUT2D eigenvalue weighted by molar-refractivity contribution is 5.81. The topological polar surface area (TPSA) is 35.5 Å². The van der Waals surface area contributed by atoms with E-state index in [1.807, 2.05) is 0 Å². The summed E-state index contributed by atoms with van der Waals surface area (Å²) >= 11 is 0. The van der Waals surface area contributed by atoms with Crippen LogP contribution in [0.15, 0.2) is 0 Å². The first-order valence-electron chi connectivity index (χ1n) is 6.08. The summed E-state index contributed by atoms with van der Waals surface area (Å²) < 4.78 is 10.9. The molecule has 2 atom stereocenters. The Bertz CT molecular complexity index is 203. The third-order valence-electron chi connectivity index (χ3n) is 3.32. The van der Waals surface area contributed by atoms with Crippen molar-refractivity contribution in [1.82, 2.24) is 0 Å². The van der Waals surface area contributed by atoms with Crippen molar-refractivity contribution in [2.75, 3.05) is 19.8 Å². The Labute approximate surface area is 91.1 Å². The molecule has 86 valence electrons. The van der Waals surface area contributed by atoms with Crippen molar-refractivity contribution in [2.24, 2.45) is 5.92 Å². The number of ketones is 1. The van der Waals surface area contributed by atoms with Gasteiger partial charge in [-0.05, 0) is 32.1 Å². The van der Waals surface area contributed by atoms with Gasteiger partial charge in [0.15, 0.2) is 0 Å². The number of hydrogen-bond donors (Lipinski definition) is 0. The first-order valence-corrected chi connectivity index (χ1v) is 6.08. The summed E-state index contributed by atoms with van der Waals surface area (Å²) in [4.78, 5) is 11.9. The maximum absolute atomic E-state index is 11.9. The Morgan fingerprint density at radius 1 is 1.13 bits per heavy atom. The molecule has 0 saturated carbocycles. The number of carbonyl (C=O) groups excluding carboxylic acids is 1. The summed E-state index contributed by atoms with van der Waals surface area (Å²) in [6.07, 6.45) is 6.24. The van der Waals surface area contributed by atoms with E-state index in [-0.39, 0.29) is 12.0 Å². The fourth-order valence-corrected chi connectivity index (χ4v) is 2.35. The van der Waals surface area contributed by atoms with Crippen LogP contribution in [0.3, 0.4) is 0 Å². The normalized spacial score (nSPS) is 32.5. The molecular formula is C12H20O3. The van der Waals surface area contributed by atoms with Crippen LogP contribution in [0.4, 0.5) is 0 Å². The maximum atomic E-state index is 11.9. The van der Waals surface area contributed by atoms with Crippen LogP contribution in [0.5, 0.6) is 0 Å². The van der Waals surface area contributed by atoms with Crippen molar-refractivity contribution in [3.8, 4) is 0 Å². The van der Waals surface area contributed by atoms with E-state index in [0.29, 0.717) is 18.8 Å². The van der Waals surface area contributed by atoms with Crippen LogP contribution in [-0.2, 0) is 14.3 Å². The Morgan fingerprint density at radius 2 is 2.07 bits per heavy atom. The Morgan fingerprint density at radius 3 is 2.73 bits per heavy atom. The van der Waals surface area contributed by atoms with E-state index in [0.717, 1.165) is 38.9 Å². The van der Waals surface area contributed by atoms with Gasteiger partial charge in [0.25, 0.3) is 0 Å². The molecule has 2 saturated heterocycles. The second-order valence-electron chi connectivity index (χ2n) is 4.57. The van der Waals surface area contributed by atoms with E-state index in [2.05, 4.69) is 0 Å². The van der Waals surface area contributed by atoms with Crippen LogP contribution in [0.2, 0.25) is 0 Å². The Balaban J connectivity index is 1.74. The predicted octanol–water partition coefficient (Wildman–Crippen LogP) is 1.94. The van der Waals surface area contributed by atoms with Crippen LogP contribution in [0.25, 0.3) is 0 Å². The lowest BCUT2D eigenvalue weighted by Gasteiger charge is -2.25. The zero-order chi connectivity index (χ0) is 10.5. The van der Waals surface area contributed by atoms with E-state index in [9.17, 15) is 4.79 Å². The molecule has 0 aromatic rings. The maximum Gasteiger partial charge on any atom is 0.140 e.